The maximum atomic E-state index is 9.86. The number of hydrogen-bond acceptors (Lipinski definition) is 1. The van der Waals surface area contributed by atoms with Crippen LogP contribution in [0.2, 0.25) is 10.0 Å². The Kier molecular flexibility index (Phi) is 4.12. The highest BCUT2D eigenvalue weighted by Gasteiger charge is 2.21. The Balaban J connectivity index is 1.84. The summed E-state index contributed by atoms with van der Waals surface area (Å²) in [5.74, 6) is 0.878. The third-order valence-corrected chi connectivity index (χ3v) is 3.80. The van der Waals surface area contributed by atoms with E-state index in [0.717, 1.165) is 24.3 Å². The Morgan fingerprint density at radius 1 is 1.25 bits per heavy atom. The van der Waals surface area contributed by atoms with Gasteiger partial charge in [-0.2, -0.15) is 0 Å². The Bertz CT molecular complexity index is 361. The lowest BCUT2D eigenvalue weighted by Crippen LogP contribution is -2.10. The van der Waals surface area contributed by atoms with Crippen molar-refractivity contribution in [1.82, 2.24) is 0 Å². The zero-order valence-corrected chi connectivity index (χ0v) is 10.6. The van der Waals surface area contributed by atoms with Gasteiger partial charge in [0.25, 0.3) is 0 Å². The normalized spacial score (nSPS) is 17.4. The van der Waals surface area contributed by atoms with Gasteiger partial charge in [0.05, 0.1) is 16.1 Å². The molecule has 1 nitrogen and oxygen atoms in total. The molecule has 1 aliphatic carbocycles. The average Bonchev–Trinajstić information content (AvgIpc) is 3.04. The molecule has 1 fully saturated rings. The molecule has 3 heteroatoms. The van der Waals surface area contributed by atoms with Crippen LogP contribution in [0, 0.1) is 5.92 Å². The van der Waals surface area contributed by atoms with Crippen LogP contribution in [0.15, 0.2) is 18.2 Å². The Hall–Kier alpha value is -0.240. The summed E-state index contributed by atoms with van der Waals surface area (Å²) >= 11 is 11.8. The highest BCUT2D eigenvalue weighted by Crippen LogP contribution is 2.34. The van der Waals surface area contributed by atoms with E-state index in [1.165, 1.54) is 12.8 Å². The fourth-order valence-corrected chi connectivity index (χ4v) is 2.20. The third kappa shape index (κ3) is 3.65. The second-order valence-corrected chi connectivity index (χ2v) is 5.44. The van der Waals surface area contributed by atoms with Gasteiger partial charge in [-0.25, -0.2) is 0 Å². The predicted molar refractivity (Wildman–Crippen MR) is 68.1 cm³/mol. The van der Waals surface area contributed by atoms with Crippen LogP contribution >= 0.6 is 23.2 Å². The van der Waals surface area contributed by atoms with Gasteiger partial charge in [0.2, 0.25) is 0 Å². The number of rotatable bonds is 5. The molecule has 0 aliphatic heterocycles. The molecule has 0 radical (unpaired) electrons. The van der Waals surface area contributed by atoms with Crippen LogP contribution in [0.4, 0.5) is 0 Å². The number of aliphatic hydroxyl groups is 1. The van der Waals surface area contributed by atoms with Gasteiger partial charge >= 0.3 is 0 Å². The molecule has 1 atom stereocenters. The first-order valence-corrected chi connectivity index (χ1v) is 6.52. The van der Waals surface area contributed by atoms with Gasteiger partial charge in [-0.05, 0) is 42.9 Å². The zero-order valence-electron chi connectivity index (χ0n) is 9.13. The van der Waals surface area contributed by atoms with E-state index >= 15 is 0 Å². The van der Waals surface area contributed by atoms with Gasteiger partial charge in [-0.15, -0.1) is 0 Å². The van der Waals surface area contributed by atoms with Crippen LogP contribution in [-0.4, -0.2) is 11.2 Å². The molecule has 0 heterocycles. The molecule has 0 aromatic heterocycles. The summed E-state index contributed by atoms with van der Waals surface area (Å²) in [5.41, 5.74) is 1.05. The second kappa shape index (κ2) is 5.39. The van der Waals surface area contributed by atoms with Crippen LogP contribution in [0.3, 0.4) is 0 Å². The number of hydrogen-bond donors (Lipinski definition) is 1. The van der Waals surface area contributed by atoms with E-state index in [2.05, 4.69) is 0 Å². The molecular formula is C13H16Cl2O. The van der Waals surface area contributed by atoms with Gasteiger partial charge in [0.15, 0.2) is 0 Å². The zero-order chi connectivity index (χ0) is 11.5. The van der Waals surface area contributed by atoms with Crippen molar-refractivity contribution in [3.8, 4) is 0 Å². The molecule has 1 unspecified atom stereocenters. The summed E-state index contributed by atoms with van der Waals surface area (Å²) in [6.07, 6.45) is 5.16. The van der Waals surface area contributed by atoms with Crippen molar-refractivity contribution in [2.24, 2.45) is 5.92 Å². The molecule has 0 amide bonds. The first kappa shape index (κ1) is 12.2. The van der Waals surface area contributed by atoms with Crippen molar-refractivity contribution in [2.75, 3.05) is 0 Å². The van der Waals surface area contributed by atoms with Crippen molar-refractivity contribution in [1.29, 1.82) is 0 Å². The predicted octanol–water partition coefficient (Wildman–Crippen LogP) is 4.09. The Morgan fingerprint density at radius 2 is 2.00 bits per heavy atom. The number of aliphatic hydroxyl groups excluding tert-OH is 1. The Morgan fingerprint density at radius 3 is 2.62 bits per heavy atom. The summed E-state index contributed by atoms with van der Waals surface area (Å²) < 4.78 is 0. The van der Waals surface area contributed by atoms with Gasteiger partial charge < -0.3 is 5.11 Å². The lowest BCUT2D eigenvalue weighted by molar-refractivity contribution is 0.160. The van der Waals surface area contributed by atoms with Crippen molar-refractivity contribution in [3.63, 3.8) is 0 Å². The molecule has 1 aliphatic rings. The van der Waals surface area contributed by atoms with E-state index in [1.54, 1.807) is 6.07 Å². The van der Waals surface area contributed by atoms with Crippen molar-refractivity contribution < 1.29 is 5.11 Å². The van der Waals surface area contributed by atoms with Crippen molar-refractivity contribution in [2.45, 2.75) is 38.2 Å². The van der Waals surface area contributed by atoms with Gasteiger partial charge in [-0.3, -0.25) is 0 Å². The van der Waals surface area contributed by atoms with E-state index < -0.39 is 0 Å². The molecule has 0 bridgehead atoms. The largest absolute Gasteiger partial charge is 0.393 e. The lowest BCUT2D eigenvalue weighted by Gasteiger charge is -2.10. The highest BCUT2D eigenvalue weighted by atomic mass is 35.5. The van der Waals surface area contributed by atoms with Crippen LogP contribution < -0.4 is 0 Å². The van der Waals surface area contributed by atoms with Crippen LogP contribution in [0.1, 0.15) is 31.2 Å². The summed E-state index contributed by atoms with van der Waals surface area (Å²) in [6.45, 7) is 0. The van der Waals surface area contributed by atoms with E-state index in [-0.39, 0.29) is 6.10 Å². The van der Waals surface area contributed by atoms with Gasteiger partial charge in [0.1, 0.15) is 0 Å². The van der Waals surface area contributed by atoms with Crippen LogP contribution in [-0.2, 0) is 6.42 Å². The molecule has 1 N–H and O–H groups in total. The summed E-state index contributed by atoms with van der Waals surface area (Å²) in [4.78, 5) is 0. The molecular weight excluding hydrogens is 243 g/mol. The standard InChI is InChI=1S/C13H16Cl2O/c14-12-6-4-10(8-13(12)15)7-11(16)5-3-9-1-2-9/h4,6,8-9,11,16H,1-3,5,7H2. The minimum Gasteiger partial charge on any atom is -0.393 e. The number of halogens is 2. The minimum absolute atomic E-state index is 0.252. The van der Waals surface area contributed by atoms with E-state index in [1.807, 2.05) is 12.1 Å². The topological polar surface area (TPSA) is 20.2 Å². The molecule has 2 rings (SSSR count). The highest BCUT2D eigenvalue weighted by molar-refractivity contribution is 6.42. The van der Waals surface area contributed by atoms with Crippen molar-refractivity contribution in [3.05, 3.63) is 33.8 Å². The lowest BCUT2D eigenvalue weighted by atomic mass is 10.0. The fraction of sp³-hybridized carbons (Fsp3) is 0.538. The summed E-state index contributed by atoms with van der Waals surface area (Å²) in [5, 5.41) is 11.0. The molecule has 88 valence electrons. The first-order chi connectivity index (χ1) is 7.65. The average molecular weight is 259 g/mol. The maximum absolute atomic E-state index is 9.86. The second-order valence-electron chi connectivity index (χ2n) is 4.63. The van der Waals surface area contributed by atoms with E-state index in [9.17, 15) is 5.11 Å². The third-order valence-electron chi connectivity index (χ3n) is 3.06. The monoisotopic (exact) mass is 258 g/mol. The summed E-state index contributed by atoms with van der Waals surface area (Å²) in [7, 11) is 0. The molecule has 0 spiro atoms. The summed E-state index contributed by atoms with van der Waals surface area (Å²) in [6, 6.07) is 5.55. The van der Waals surface area contributed by atoms with Crippen LogP contribution in [0.5, 0.6) is 0 Å². The van der Waals surface area contributed by atoms with Crippen molar-refractivity contribution >= 4 is 23.2 Å². The molecule has 1 aromatic rings. The van der Waals surface area contributed by atoms with E-state index in [4.69, 9.17) is 23.2 Å². The molecule has 0 saturated heterocycles. The Labute approximate surface area is 106 Å². The molecule has 1 aromatic carbocycles. The number of benzene rings is 1. The molecule has 1 saturated carbocycles. The van der Waals surface area contributed by atoms with Gasteiger partial charge in [0, 0.05) is 0 Å². The van der Waals surface area contributed by atoms with E-state index in [0.29, 0.717) is 16.5 Å². The minimum atomic E-state index is -0.252. The van der Waals surface area contributed by atoms with Gasteiger partial charge in [-0.1, -0.05) is 42.1 Å². The smallest absolute Gasteiger partial charge is 0.0595 e. The fourth-order valence-electron chi connectivity index (χ4n) is 1.88. The van der Waals surface area contributed by atoms with Crippen LogP contribution in [0.25, 0.3) is 0 Å². The molecule has 16 heavy (non-hydrogen) atoms. The maximum Gasteiger partial charge on any atom is 0.0595 e. The quantitative estimate of drug-likeness (QED) is 0.844. The first-order valence-electron chi connectivity index (χ1n) is 5.77. The SMILES string of the molecule is OC(CCC1CC1)Cc1ccc(Cl)c(Cl)c1.